The third-order valence-corrected chi connectivity index (χ3v) is 2.41. The van der Waals surface area contributed by atoms with Gasteiger partial charge in [0.1, 0.15) is 18.8 Å². The van der Waals surface area contributed by atoms with Crippen LogP contribution in [0.1, 0.15) is 15.9 Å². The molecular weight excluding hydrogens is 254 g/mol. The van der Waals surface area contributed by atoms with Gasteiger partial charge in [-0.05, 0) is 18.6 Å². The topological polar surface area (TPSA) is 115 Å². The van der Waals surface area contributed by atoms with E-state index in [9.17, 15) is 19.5 Å². The largest absolute Gasteiger partial charge is 0.507 e. The van der Waals surface area contributed by atoms with Crippen LogP contribution >= 0.6 is 0 Å². The summed E-state index contributed by atoms with van der Waals surface area (Å²) in [6, 6.07) is 4.40. The number of benzene rings is 1. The van der Waals surface area contributed by atoms with Crippen molar-refractivity contribution < 1.29 is 29.7 Å². The molecule has 1 amide bonds. The molecule has 102 valence electrons. The number of carbonyl (C=O) groups excluding carboxylic acids is 1. The molecule has 0 bridgehead atoms. The molecule has 0 aliphatic heterocycles. The lowest BCUT2D eigenvalue weighted by molar-refractivity contribution is -0.140. The fourth-order valence-electron chi connectivity index (χ4n) is 1.53. The Balaban J connectivity index is 3.07. The molecule has 3 N–H and O–H groups in total. The highest BCUT2D eigenvalue weighted by Gasteiger charge is 2.23. The smallest absolute Gasteiger partial charge is 0.323 e. The van der Waals surface area contributed by atoms with Crippen molar-refractivity contribution in [3.63, 3.8) is 0 Å². The molecular formula is C12H13NO6. The van der Waals surface area contributed by atoms with Crippen molar-refractivity contribution in [1.82, 2.24) is 4.90 Å². The van der Waals surface area contributed by atoms with E-state index in [1.54, 1.807) is 13.0 Å². The molecule has 7 heteroatoms. The number of aliphatic carboxylic acids is 2. The van der Waals surface area contributed by atoms with E-state index < -0.39 is 30.9 Å². The quantitative estimate of drug-likeness (QED) is 0.707. The van der Waals surface area contributed by atoms with E-state index >= 15 is 0 Å². The number of aromatic hydroxyl groups is 1. The van der Waals surface area contributed by atoms with E-state index in [-0.39, 0.29) is 11.3 Å². The zero-order valence-corrected chi connectivity index (χ0v) is 10.2. The van der Waals surface area contributed by atoms with Gasteiger partial charge in [0, 0.05) is 0 Å². The zero-order chi connectivity index (χ0) is 14.6. The van der Waals surface area contributed by atoms with Crippen molar-refractivity contribution in [1.29, 1.82) is 0 Å². The molecule has 0 radical (unpaired) electrons. The van der Waals surface area contributed by atoms with Crippen LogP contribution in [-0.2, 0) is 9.59 Å². The number of aryl methyl sites for hydroxylation is 1. The Morgan fingerprint density at radius 1 is 1.11 bits per heavy atom. The first kappa shape index (κ1) is 14.5. The number of para-hydroxylation sites is 1. The highest BCUT2D eigenvalue weighted by Crippen LogP contribution is 2.22. The summed E-state index contributed by atoms with van der Waals surface area (Å²) in [5.41, 5.74) is 0.318. The monoisotopic (exact) mass is 267 g/mol. The summed E-state index contributed by atoms with van der Waals surface area (Å²) >= 11 is 0. The summed E-state index contributed by atoms with van der Waals surface area (Å²) in [7, 11) is 0. The van der Waals surface area contributed by atoms with Gasteiger partial charge >= 0.3 is 11.9 Å². The van der Waals surface area contributed by atoms with Gasteiger partial charge in [-0.2, -0.15) is 0 Å². The van der Waals surface area contributed by atoms with Gasteiger partial charge in [0.05, 0.1) is 5.56 Å². The van der Waals surface area contributed by atoms with Crippen LogP contribution in [0.4, 0.5) is 0 Å². The number of phenols is 1. The van der Waals surface area contributed by atoms with Gasteiger partial charge in [-0.25, -0.2) is 0 Å². The average Bonchev–Trinajstić information content (AvgIpc) is 2.30. The minimum Gasteiger partial charge on any atom is -0.507 e. The van der Waals surface area contributed by atoms with Crippen molar-refractivity contribution in [2.24, 2.45) is 0 Å². The Kier molecular flexibility index (Phi) is 4.46. The SMILES string of the molecule is Cc1cccc(C(=O)N(CC(=O)O)CC(=O)O)c1O. The van der Waals surface area contributed by atoms with Gasteiger partial charge in [-0.1, -0.05) is 12.1 Å². The second-order valence-electron chi connectivity index (χ2n) is 3.92. The molecule has 0 saturated carbocycles. The molecule has 0 fully saturated rings. The lowest BCUT2D eigenvalue weighted by Gasteiger charge is -2.19. The molecule has 1 rings (SSSR count). The van der Waals surface area contributed by atoms with Crippen LogP contribution in [0, 0.1) is 6.92 Å². The van der Waals surface area contributed by atoms with E-state index in [2.05, 4.69) is 0 Å². The maximum absolute atomic E-state index is 12.0. The van der Waals surface area contributed by atoms with Gasteiger partial charge in [0.2, 0.25) is 0 Å². The number of carboxylic acids is 2. The van der Waals surface area contributed by atoms with E-state index in [4.69, 9.17) is 10.2 Å². The zero-order valence-electron chi connectivity index (χ0n) is 10.2. The first-order chi connectivity index (χ1) is 8.82. The van der Waals surface area contributed by atoms with Crippen LogP contribution in [0.25, 0.3) is 0 Å². The predicted octanol–water partition coefficient (Wildman–Crippen LogP) is 0.312. The number of hydrogen-bond acceptors (Lipinski definition) is 4. The lowest BCUT2D eigenvalue weighted by Crippen LogP contribution is -2.39. The van der Waals surface area contributed by atoms with Gasteiger partial charge in [-0.3, -0.25) is 14.4 Å². The minimum absolute atomic E-state index is 0.123. The molecule has 19 heavy (non-hydrogen) atoms. The molecule has 0 saturated heterocycles. The Hall–Kier alpha value is -2.57. The van der Waals surface area contributed by atoms with Crippen LogP contribution in [-0.4, -0.2) is 51.2 Å². The number of nitrogens with zero attached hydrogens (tertiary/aromatic N) is 1. The Labute approximate surface area is 108 Å². The van der Waals surface area contributed by atoms with Crippen LogP contribution in [0.15, 0.2) is 18.2 Å². The van der Waals surface area contributed by atoms with Crippen LogP contribution in [0.2, 0.25) is 0 Å². The van der Waals surface area contributed by atoms with Crippen LogP contribution < -0.4 is 0 Å². The summed E-state index contributed by atoms with van der Waals surface area (Å²) in [5, 5.41) is 27.1. The van der Waals surface area contributed by atoms with Gasteiger partial charge in [0.25, 0.3) is 5.91 Å². The number of amides is 1. The first-order valence-electron chi connectivity index (χ1n) is 5.34. The normalized spacial score (nSPS) is 9.95. The fourth-order valence-corrected chi connectivity index (χ4v) is 1.53. The second-order valence-corrected chi connectivity index (χ2v) is 3.92. The number of phenolic OH excluding ortho intramolecular Hbond substituents is 1. The third kappa shape index (κ3) is 3.70. The molecule has 0 aromatic heterocycles. The summed E-state index contributed by atoms with van der Waals surface area (Å²) in [6.45, 7) is 0.0713. The second kappa shape index (κ2) is 5.85. The fraction of sp³-hybridized carbons (Fsp3) is 0.250. The van der Waals surface area contributed by atoms with Gasteiger partial charge in [-0.15, -0.1) is 0 Å². The summed E-state index contributed by atoms with van der Waals surface area (Å²) in [6.07, 6.45) is 0. The predicted molar refractivity (Wildman–Crippen MR) is 64.0 cm³/mol. The first-order valence-corrected chi connectivity index (χ1v) is 5.34. The summed E-state index contributed by atoms with van der Waals surface area (Å²) in [4.78, 5) is 33.9. The third-order valence-electron chi connectivity index (χ3n) is 2.41. The number of carboxylic acid groups (broad SMARTS) is 2. The Morgan fingerprint density at radius 3 is 2.11 bits per heavy atom. The molecule has 0 spiro atoms. The number of hydrogen-bond donors (Lipinski definition) is 3. The van der Waals surface area contributed by atoms with E-state index in [1.807, 2.05) is 0 Å². The van der Waals surface area contributed by atoms with Gasteiger partial charge in [0.15, 0.2) is 0 Å². The number of rotatable bonds is 5. The molecule has 1 aromatic rings. The van der Waals surface area contributed by atoms with E-state index in [0.29, 0.717) is 10.5 Å². The average molecular weight is 267 g/mol. The summed E-state index contributed by atoms with van der Waals surface area (Å²) in [5.74, 6) is -3.79. The minimum atomic E-state index is -1.33. The number of carbonyl (C=O) groups is 3. The van der Waals surface area contributed by atoms with Crippen molar-refractivity contribution in [3.05, 3.63) is 29.3 Å². The molecule has 0 heterocycles. The van der Waals surface area contributed by atoms with Crippen molar-refractivity contribution in [2.75, 3.05) is 13.1 Å². The van der Waals surface area contributed by atoms with Crippen molar-refractivity contribution in [2.45, 2.75) is 6.92 Å². The van der Waals surface area contributed by atoms with E-state index in [0.717, 1.165) is 0 Å². The molecule has 1 aromatic carbocycles. The molecule has 0 aliphatic carbocycles. The lowest BCUT2D eigenvalue weighted by atomic mass is 10.1. The van der Waals surface area contributed by atoms with Crippen molar-refractivity contribution in [3.8, 4) is 5.75 Å². The Morgan fingerprint density at radius 2 is 1.63 bits per heavy atom. The molecule has 0 aliphatic rings. The highest BCUT2D eigenvalue weighted by molar-refractivity contribution is 5.99. The molecule has 0 unspecified atom stereocenters. The van der Waals surface area contributed by atoms with Gasteiger partial charge < -0.3 is 20.2 Å². The van der Waals surface area contributed by atoms with Crippen molar-refractivity contribution >= 4 is 17.8 Å². The molecule has 0 atom stereocenters. The van der Waals surface area contributed by atoms with Crippen LogP contribution in [0.3, 0.4) is 0 Å². The Bertz CT molecular complexity index is 509. The van der Waals surface area contributed by atoms with Crippen LogP contribution in [0.5, 0.6) is 5.75 Å². The maximum Gasteiger partial charge on any atom is 0.323 e. The van der Waals surface area contributed by atoms with E-state index in [1.165, 1.54) is 12.1 Å². The highest BCUT2D eigenvalue weighted by atomic mass is 16.4. The molecule has 7 nitrogen and oxygen atoms in total. The maximum atomic E-state index is 12.0. The summed E-state index contributed by atoms with van der Waals surface area (Å²) < 4.78 is 0. The standard InChI is InChI=1S/C12H13NO6/c1-7-3-2-4-8(11(7)18)12(19)13(5-9(14)15)6-10(16)17/h2-4,18H,5-6H2,1H3,(H,14,15)(H,16,17).